The number of halogens is 2. The third kappa shape index (κ3) is 3.22. The molecule has 2 unspecified atom stereocenters. The largest absolute Gasteiger partial charge is 0.336 e. The number of hydrogen-bond acceptors (Lipinski definition) is 2. The van der Waals surface area contributed by atoms with Crippen molar-refractivity contribution in [1.82, 2.24) is 4.90 Å². The molecule has 1 aromatic rings. The predicted octanol–water partition coefficient (Wildman–Crippen LogP) is 4.07. The maximum atomic E-state index is 12.4. The molecule has 98 valence electrons. The van der Waals surface area contributed by atoms with Gasteiger partial charge in [0.05, 0.1) is 5.02 Å². The molecule has 2 atom stereocenters. The van der Waals surface area contributed by atoms with Gasteiger partial charge < -0.3 is 4.90 Å². The van der Waals surface area contributed by atoms with E-state index >= 15 is 0 Å². The molecule has 2 rings (SSSR count). The zero-order valence-electron chi connectivity index (χ0n) is 10.3. The standard InChI is InChI=1S/C13H15BrClNOS/c1-8-6-16(7-9(2)18-8)13(17)10-3-4-11(14)12(15)5-10/h3-5,8-9H,6-7H2,1-2H3. The first-order valence-corrected chi connectivity index (χ1v) is 7.98. The molecule has 18 heavy (non-hydrogen) atoms. The van der Waals surface area contributed by atoms with Gasteiger partial charge in [0.25, 0.3) is 5.91 Å². The third-order valence-corrected chi connectivity index (χ3v) is 5.33. The molecule has 1 aliphatic rings. The molecule has 0 bridgehead atoms. The summed E-state index contributed by atoms with van der Waals surface area (Å²) in [4.78, 5) is 14.3. The van der Waals surface area contributed by atoms with Gasteiger partial charge in [-0.25, -0.2) is 0 Å². The average molecular weight is 349 g/mol. The molecule has 1 heterocycles. The molecule has 0 saturated carbocycles. The van der Waals surface area contributed by atoms with Crippen LogP contribution in [0, 0.1) is 0 Å². The fourth-order valence-corrected chi connectivity index (χ4v) is 3.91. The summed E-state index contributed by atoms with van der Waals surface area (Å²) in [6.45, 7) is 5.94. The molecule has 0 radical (unpaired) electrons. The zero-order valence-corrected chi connectivity index (χ0v) is 13.5. The SMILES string of the molecule is CC1CN(C(=O)c2ccc(Br)c(Cl)c2)CC(C)S1. The van der Waals surface area contributed by atoms with Crippen molar-refractivity contribution in [2.75, 3.05) is 13.1 Å². The molecule has 1 aliphatic heterocycles. The first-order chi connectivity index (χ1) is 8.47. The molecular weight excluding hydrogens is 334 g/mol. The van der Waals surface area contributed by atoms with E-state index in [9.17, 15) is 4.79 Å². The summed E-state index contributed by atoms with van der Waals surface area (Å²) in [6.07, 6.45) is 0. The van der Waals surface area contributed by atoms with Gasteiger partial charge in [-0.2, -0.15) is 11.8 Å². The Morgan fingerprint density at radius 2 is 2.00 bits per heavy atom. The van der Waals surface area contributed by atoms with Gasteiger partial charge in [0.1, 0.15) is 0 Å². The number of nitrogens with zero attached hydrogens (tertiary/aromatic N) is 1. The molecule has 5 heteroatoms. The van der Waals surface area contributed by atoms with Gasteiger partial charge in [-0.05, 0) is 34.1 Å². The van der Waals surface area contributed by atoms with E-state index in [2.05, 4.69) is 29.8 Å². The lowest BCUT2D eigenvalue weighted by molar-refractivity contribution is 0.0753. The monoisotopic (exact) mass is 347 g/mol. The van der Waals surface area contributed by atoms with Crippen LogP contribution in [0.2, 0.25) is 5.02 Å². The molecule has 1 fully saturated rings. The van der Waals surface area contributed by atoms with Gasteiger partial charge in [-0.1, -0.05) is 25.4 Å². The molecule has 1 amide bonds. The van der Waals surface area contributed by atoms with E-state index in [1.807, 2.05) is 28.8 Å². The fourth-order valence-electron chi connectivity index (χ4n) is 2.16. The molecule has 0 N–H and O–H groups in total. The van der Waals surface area contributed by atoms with Gasteiger partial charge in [-0.15, -0.1) is 0 Å². The van der Waals surface area contributed by atoms with Crippen LogP contribution >= 0.6 is 39.3 Å². The van der Waals surface area contributed by atoms with Crippen molar-refractivity contribution in [3.8, 4) is 0 Å². The maximum absolute atomic E-state index is 12.4. The summed E-state index contributed by atoms with van der Waals surface area (Å²) in [7, 11) is 0. The van der Waals surface area contributed by atoms with Crippen LogP contribution in [0.4, 0.5) is 0 Å². The predicted molar refractivity (Wildman–Crippen MR) is 81.6 cm³/mol. The molecule has 2 nitrogen and oxygen atoms in total. The smallest absolute Gasteiger partial charge is 0.253 e. The summed E-state index contributed by atoms with van der Waals surface area (Å²) in [5, 5.41) is 1.56. The van der Waals surface area contributed by atoms with Crippen molar-refractivity contribution in [3.05, 3.63) is 33.3 Å². The first-order valence-electron chi connectivity index (χ1n) is 5.87. The van der Waals surface area contributed by atoms with Gasteiger partial charge in [0.2, 0.25) is 0 Å². The van der Waals surface area contributed by atoms with Crippen molar-refractivity contribution in [3.63, 3.8) is 0 Å². The van der Waals surface area contributed by atoms with Crippen molar-refractivity contribution in [2.45, 2.75) is 24.3 Å². The van der Waals surface area contributed by atoms with Crippen LogP contribution in [-0.2, 0) is 0 Å². The van der Waals surface area contributed by atoms with E-state index in [1.165, 1.54) is 0 Å². The quantitative estimate of drug-likeness (QED) is 0.762. The van der Waals surface area contributed by atoms with E-state index in [4.69, 9.17) is 11.6 Å². The number of rotatable bonds is 1. The van der Waals surface area contributed by atoms with Crippen molar-refractivity contribution >= 4 is 45.2 Å². The summed E-state index contributed by atoms with van der Waals surface area (Å²) in [6, 6.07) is 5.36. The van der Waals surface area contributed by atoms with Crippen molar-refractivity contribution in [1.29, 1.82) is 0 Å². The topological polar surface area (TPSA) is 20.3 Å². The molecule has 1 aromatic carbocycles. The average Bonchev–Trinajstić information content (AvgIpc) is 2.30. The second-order valence-corrected chi connectivity index (χ2v) is 7.74. The highest BCUT2D eigenvalue weighted by atomic mass is 79.9. The Balaban J connectivity index is 2.17. The number of carbonyl (C=O) groups is 1. The number of carbonyl (C=O) groups excluding carboxylic acids is 1. The number of hydrogen-bond donors (Lipinski definition) is 0. The normalized spacial score (nSPS) is 24.1. The van der Waals surface area contributed by atoms with Crippen molar-refractivity contribution in [2.24, 2.45) is 0 Å². The Hall–Kier alpha value is -0.190. The molecule has 0 aliphatic carbocycles. The summed E-state index contributed by atoms with van der Waals surface area (Å²) < 4.78 is 0.816. The summed E-state index contributed by atoms with van der Waals surface area (Å²) in [5.74, 6) is 0.0726. The highest BCUT2D eigenvalue weighted by Gasteiger charge is 2.26. The van der Waals surface area contributed by atoms with E-state index in [1.54, 1.807) is 6.07 Å². The highest BCUT2D eigenvalue weighted by Crippen LogP contribution is 2.27. The minimum absolute atomic E-state index is 0.0726. The Bertz CT molecular complexity index is 458. The van der Waals surface area contributed by atoms with Crippen LogP contribution in [-0.4, -0.2) is 34.4 Å². The van der Waals surface area contributed by atoms with E-state index in [0.717, 1.165) is 17.6 Å². The lowest BCUT2D eigenvalue weighted by Crippen LogP contribution is -2.44. The van der Waals surface area contributed by atoms with Crippen LogP contribution < -0.4 is 0 Å². The lowest BCUT2D eigenvalue weighted by Gasteiger charge is -2.34. The van der Waals surface area contributed by atoms with Gasteiger partial charge >= 0.3 is 0 Å². The number of benzene rings is 1. The third-order valence-electron chi connectivity index (χ3n) is 2.87. The highest BCUT2D eigenvalue weighted by molar-refractivity contribution is 9.10. The van der Waals surface area contributed by atoms with Crippen LogP contribution in [0.5, 0.6) is 0 Å². The van der Waals surface area contributed by atoms with Crippen molar-refractivity contribution < 1.29 is 4.79 Å². The van der Waals surface area contributed by atoms with Gasteiger partial charge in [0.15, 0.2) is 0 Å². The Kier molecular flexibility index (Phi) is 4.62. The van der Waals surface area contributed by atoms with Crippen LogP contribution in [0.1, 0.15) is 24.2 Å². The van der Waals surface area contributed by atoms with E-state index in [0.29, 0.717) is 21.1 Å². The summed E-state index contributed by atoms with van der Waals surface area (Å²) >= 11 is 11.3. The minimum atomic E-state index is 0.0726. The maximum Gasteiger partial charge on any atom is 0.253 e. The molecule has 1 saturated heterocycles. The Morgan fingerprint density at radius 1 is 1.39 bits per heavy atom. The van der Waals surface area contributed by atoms with E-state index in [-0.39, 0.29) is 5.91 Å². The molecule has 0 spiro atoms. The van der Waals surface area contributed by atoms with E-state index < -0.39 is 0 Å². The van der Waals surface area contributed by atoms with Gasteiger partial charge in [-0.3, -0.25) is 4.79 Å². The Labute approximate surface area is 125 Å². The number of thioether (sulfide) groups is 1. The van der Waals surface area contributed by atoms with Crippen LogP contribution in [0.3, 0.4) is 0 Å². The van der Waals surface area contributed by atoms with Crippen LogP contribution in [0.15, 0.2) is 22.7 Å². The second kappa shape index (κ2) is 5.85. The Morgan fingerprint density at radius 3 is 2.56 bits per heavy atom. The lowest BCUT2D eigenvalue weighted by atomic mass is 10.2. The van der Waals surface area contributed by atoms with Gasteiger partial charge in [0, 0.05) is 33.6 Å². The first kappa shape index (κ1) is 14.2. The zero-order chi connectivity index (χ0) is 13.3. The minimum Gasteiger partial charge on any atom is -0.336 e. The molecule has 0 aromatic heterocycles. The summed E-state index contributed by atoms with van der Waals surface area (Å²) in [5.41, 5.74) is 0.662. The molecular formula is C13H15BrClNOS. The fraction of sp³-hybridized carbons (Fsp3) is 0.462. The second-order valence-electron chi connectivity index (χ2n) is 4.60. The van der Waals surface area contributed by atoms with Crippen LogP contribution in [0.25, 0.3) is 0 Å². The number of amides is 1.